The zero-order valence-electron chi connectivity index (χ0n) is 16.3. The summed E-state index contributed by atoms with van der Waals surface area (Å²) in [7, 11) is 0. The van der Waals surface area contributed by atoms with E-state index in [2.05, 4.69) is 51.4 Å². The van der Waals surface area contributed by atoms with E-state index in [1.807, 2.05) is 12.4 Å². The molecule has 0 aliphatic carbocycles. The van der Waals surface area contributed by atoms with E-state index in [1.54, 1.807) is 18.3 Å². The maximum atomic E-state index is 11.7. The normalized spacial score (nSPS) is 17.4. The monoisotopic (exact) mass is 386 g/mol. The highest BCUT2D eigenvalue weighted by Gasteiger charge is 2.36. The van der Waals surface area contributed by atoms with Gasteiger partial charge in [0.1, 0.15) is 0 Å². The van der Waals surface area contributed by atoms with Crippen LogP contribution in [0, 0.1) is 12.8 Å². The average Bonchev–Trinajstić information content (AvgIpc) is 3.12. The third kappa shape index (κ3) is 4.94. The van der Waals surface area contributed by atoms with Crippen LogP contribution < -0.4 is 16.0 Å². The van der Waals surface area contributed by atoms with Gasteiger partial charge in [-0.05, 0) is 86.4 Å². The van der Waals surface area contributed by atoms with Gasteiger partial charge in [0.25, 0.3) is 0 Å². The van der Waals surface area contributed by atoms with Gasteiger partial charge in [0.05, 0.1) is 5.54 Å². The van der Waals surface area contributed by atoms with Crippen LogP contribution in [-0.2, 0) is 10.3 Å². The molecule has 1 saturated heterocycles. The van der Waals surface area contributed by atoms with E-state index in [0.717, 1.165) is 37.5 Å². The van der Waals surface area contributed by atoms with E-state index in [4.69, 9.17) is 0 Å². The van der Waals surface area contributed by atoms with Gasteiger partial charge in [0.2, 0.25) is 5.91 Å². The molecule has 0 bridgehead atoms. The molecule has 1 unspecified atom stereocenters. The molecule has 0 radical (unpaired) electrons. The van der Waals surface area contributed by atoms with Gasteiger partial charge < -0.3 is 16.0 Å². The highest BCUT2D eigenvalue weighted by molar-refractivity contribution is 7.10. The molecule has 1 aliphatic rings. The quantitative estimate of drug-likeness (QED) is 0.653. The molecule has 1 atom stereocenters. The highest BCUT2D eigenvalue weighted by atomic mass is 32.1. The van der Waals surface area contributed by atoms with Crippen LogP contribution in [0.2, 0.25) is 0 Å². The van der Waals surface area contributed by atoms with Crippen LogP contribution in [0.1, 0.15) is 42.2 Å². The molecule has 0 aromatic carbocycles. The molecule has 2 aromatic heterocycles. The molecule has 0 spiro atoms. The minimum Gasteiger partial charge on any atom is -0.354 e. The van der Waals surface area contributed by atoms with E-state index in [-0.39, 0.29) is 5.91 Å². The zero-order valence-corrected chi connectivity index (χ0v) is 17.1. The highest BCUT2D eigenvalue weighted by Crippen LogP contribution is 2.35. The molecule has 1 fully saturated rings. The van der Waals surface area contributed by atoms with Crippen molar-refractivity contribution in [2.24, 2.45) is 5.92 Å². The Hall–Kier alpha value is -1.76. The topological polar surface area (TPSA) is 66.1 Å². The molecule has 2 aromatic rings. The van der Waals surface area contributed by atoms with E-state index < -0.39 is 5.54 Å². The Bertz CT molecular complexity index is 727. The lowest BCUT2D eigenvalue weighted by Crippen LogP contribution is -2.52. The van der Waals surface area contributed by atoms with Crippen LogP contribution in [0.25, 0.3) is 0 Å². The SMILES string of the molecule is CC(=O)NCC(NCCC1CCNCC1)(c1ccncc1)c1sccc1C. The van der Waals surface area contributed by atoms with Crippen molar-refractivity contribution >= 4 is 17.2 Å². The third-order valence-corrected chi connectivity index (χ3v) is 6.64. The Labute approximate surface area is 166 Å². The summed E-state index contributed by atoms with van der Waals surface area (Å²) in [6.07, 6.45) is 7.30. The van der Waals surface area contributed by atoms with E-state index in [9.17, 15) is 4.79 Å². The number of nitrogens with one attached hydrogen (secondary N) is 3. The van der Waals surface area contributed by atoms with Crippen molar-refractivity contribution in [3.8, 4) is 0 Å². The van der Waals surface area contributed by atoms with E-state index in [1.165, 1.54) is 23.3 Å². The van der Waals surface area contributed by atoms with Gasteiger partial charge in [-0.1, -0.05) is 0 Å². The maximum Gasteiger partial charge on any atom is 0.216 e. The molecule has 146 valence electrons. The number of thiophene rings is 1. The van der Waals surface area contributed by atoms with E-state index in [0.29, 0.717) is 6.54 Å². The summed E-state index contributed by atoms with van der Waals surface area (Å²) in [5.41, 5.74) is 1.96. The first-order valence-corrected chi connectivity index (χ1v) is 10.6. The number of carbonyl (C=O) groups excluding carboxylic acids is 1. The van der Waals surface area contributed by atoms with Crippen molar-refractivity contribution in [1.29, 1.82) is 0 Å². The zero-order chi connectivity index (χ0) is 19.1. The van der Waals surface area contributed by atoms with Gasteiger partial charge in [0.15, 0.2) is 0 Å². The molecule has 5 nitrogen and oxygen atoms in total. The molecule has 3 rings (SSSR count). The second-order valence-electron chi connectivity index (χ2n) is 7.39. The summed E-state index contributed by atoms with van der Waals surface area (Å²) in [5, 5.41) is 12.5. The average molecular weight is 387 g/mol. The van der Waals surface area contributed by atoms with Crippen LogP contribution >= 0.6 is 11.3 Å². The van der Waals surface area contributed by atoms with Gasteiger partial charge >= 0.3 is 0 Å². The number of aromatic nitrogens is 1. The summed E-state index contributed by atoms with van der Waals surface area (Å²) >= 11 is 1.74. The van der Waals surface area contributed by atoms with Crippen molar-refractivity contribution < 1.29 is 4.79 Å². The number of piperidine rings is 1. The predicted octanol–water partition coefficient (Wildman–Crippen LogP) is 2.81. The molecular formula is C21H30N4OS. The standard InChI is InChI=1S/C21H30N4OS/c1-16-8-14-27-20(16)21(15-24-17(2)26,19-6-11-23-12-7-19)25-13-5-18-3-9-22-10-4-18/h6-8,11-12,14,18,22,25H,3-5,9-10,13,15H2,1-2H3,(H,24,26). The lowest BCUT2D eigenvalue weighted by molar-refractivity contribution is -0.119. The number of rotatable bonds is 8. The largest absolute Gasteiger partial charge is 0.354 e. The first kappa shape index (κ1) is 20.0. The summed E-state index contributed by atoms with van der Waals surface area (Å²) in [5.74, 6) is 0.752. The Balaban J connectivity index is 1.87. The maximum absolute atomic E-state index is 11.7. The lowest BCUT2D eigenvalue weighted by atomic mass is 9.86. The molecule has 1 aliphatic heterocycles. The van der Waals surface area contributed by atoms with Crippen molar-refractivity contribution in [3.63, 3.8) is 0 Å². The van der Waals surface area contributed by atoms with Crippen LogP contribution in [0.4, 0.5) is 0 Å². The number of carbonyl (C=O) groups is 1. The fourth-order valence-corrected chi connectivity index (χ4v) is 5.05. The van der Waals surface area contributed by atoms with Gasteiger partial charge in [0, 0.05) is 30.7 Å². The smallest absolute Gasteiger partial charge is 0.216 e. The van der Waals surface area contributed by atoms with Gasteiger partial charge in [-0.3, -0.25) is 9.78 Å². The fraction of sp³-hybridized carbons (Fsp3) is 0.524. The van der Waals surface area contributed by atoms with Crippen LogP contribution in [0.5, 0.6) is 0 Å². The first-order chi connectivity index (χ1) is 13.1. The molecule has 3 heterocycles. The number of hydrogen-bond donors (Lipinski definition) is 3. The van der Waals surface area contributed by atoms with Crippen molar-refractivity contribution in [3.05, 3.63) is 52.0 Å². The lowest BCUT2D eigenvalue weighted by Gasteiger charge is -2.36. The van der Waals surface area contributed by atoms with Crippen LogP contribution in [0.15, 0.2) is 36.0 Å². The van der Waals surface area contributed by atoms with Crippen molar-refractivity contribution in [2.45, 2.75) is 38.6 Å². The minimum atomic E-state index is -0.431. The van der Waals surface area contributed by atoms with Crippen LogP contribution in [0.3, 0.4) is 0 Å². The Kier molecular flexibility index (Phi) is 6.99. The van der Waals surface area contributed by atoms with Crippen LogP contribution in [-0.4, -0.2) is 37.1 Å². The Morgan fingerprint density at radius 3 is 2.67 bits per heavy atom. The number of nitrogens with zero attached hydrogens (tertiary/aromatic N) is 1. The van der Waals surface area contributed by atoms with Gasteiger partial charge in [-0.25, -0.2) is 0 Å². The summed E-state index contributed by atoms with van der Waals surface area (Å²) in [4.78, 5) is 17.2. The van der Waals surface area contributed by atoms with Gasteiger partial charge in [-0.15, -0.1) is 11.3 Å². The minimum absolute atomic E-state index is 0.0113. The second kappa shape index (κ2) is 9.44. The molecule has 6 heteroatoms. The summed E-state index contributed by atoms with van der Waals surface area (Å²) in [6, 6.07) is 6.26. The molecule has 0 saturated carbocycles. The van der Waals surface area contributed by atoms with Crippen molar-refractivity contribution in [2.75, 3.05) is 26.2 Å². The number of pyridine rings is 1. The van der Waals surface area contributed by atoms with Crippen molar-refractivity contribution in [1.82, 2.24) is 20.9 Å². The number of aryl methyl sites for hydroxylation is 1. The summed E-state index contributed by atoms with van der Waals surface area (Å²) < 4.78 is 0. The Morgan fingerprint density at radius 2 is 2.04 bits per heavy atom. The fourth-order valence-electron chi connectivity index (χ4n) is 3.92. The molecule has 1 amide bonds. The van der Waals surface area contributed by atoms with Gasteiger partial charge in [-0.2, -0.15) is 0 Å². The number of amides is 1. The van der Waals surface area contributed by atoms with E-state index >= 15 is 0 Å². The molecular weight excluding hydrogens is 356 g/mol. The summed E-state index contributed by atoms with van der Waals surface area (Å²) in [6.45, 7) is 7.41. The predicted molar refractivity (Wildman–Crippen MR) is 111 cm³/mol. The molecule has 3 N–H and O–H groups in total. The Morgan fingerprint density at radius 1 is 1.30 bits per heavy atom. The second-order valence-corrected chi connectivity index (χ2v) is 8.31. The molecule has 27 heavy (non-hydrogen) atoms. The third-order valence-electron chi connectivity index (χ3n) is 5.46. The first-order valence-electron chi connectivity index (χ1n) is 9.77. The number of hydrogen-bond acceptors (Lipinski definition) is 5.